The van der Waals surface area contributed by atoms with Crippen LogP contribution in [0.4, 0.5) is 5.69 Å². The maximum absolute atomic E-state index is 11.5. The minimum atomic E-state index is -1.03. The molecule has 2 rings (SSSR count). The van der Waals surface area contributed by atoms with Gasteiger partial charge in [0.15, 0.2) is 6.73 Å². The van der Waals surface area contributed by atoms with Gasteiger partial charge in [0.1, 0.15) is 11.5 Å². The van der Waals surface area contributed by atoms with E-state index < -0.39 is 5.97 Å². The van der Waals surface area contributed by atoms with Gasteiger partial charge >= 0.3 is 5.97 Å². The van der Waals surface area contributed by atoms with E-state index in [0.29, 0.717) is 16.5 Å². The Bertz CT molecular complexity index is 766. The zero-order valence-electron chi connectivity index (χ0n) is 12.8. The van der Waals surface area contributed by atoms with Crippen LogP contribution in [-0.4, -0.2) is 30.1 Å². The molecule has 0 atom stereocenters. The monoisotopic (exact) mass is 411 g/mol. The van der Waals surface area contributed by atoms with Gasteiger partial charge in [0, 0.05) is 10.2 Å². The van der Waals surface area contributed by atoms with Crippen LogP contribution in [0, 0.1) is 0 Å². The fourth-order valence-electron chi connectivity index (χ4n) is 2.06. The lowest BCUT2D eigenvalue weighted by molar-refractivity contribution is -0.115. The summed E-state index contributed by atoms with van der Waals surface area (Å²) in [6.45, 7) is 1.61. The first-order chi connectivity index (χ1) is 11.4. The zero-order chi connectivity index (χ0) is 17.7. The molecule has 0 heterocycles. The third-order valence-corrected chi connectivity index (χ3v) is 3.93. The second kappa shape index (κ2) is 8.17. The molecule has 0 saturated carbocycles. The number of halogens is 2. The van der Waals surface area contributed by atoms with Gasteiger partial charge in [-0.25, -0.2) is 4.79 Å². The zero-order valence-corrected chi connectivity index (χ0v) is 15.2. The van der Waals surface area contributed by atoms with Gasteiger partial charge in [0.2, 0.25) is 0 Å². The lowest BCUT2D eigenvalue weighted by Crippen LogP contribution is -2.32. The van der Waals surface area contributed by atoms with Gasteiger partial charge < -0.3 is 14.7 Å². The molecule has 2 aromatic rings. The normalized spacial score (nSPS) is 10.3. The minimum absolute atomic E-state index is 0.0595. The summed E-state index contributed by atoms with van der Waals surface area (Å²) in [4.78, 5) is 24.3. The Balaban J connectivity index is 2.20. The van der Waals surface area contributed by atoms with Crippen molar-refractivity contribution in [2.24, 2.45) is 0 Å². The Morgan fingerprint density at radius 2 is 2.00 bits per heavy atom. The standard InChI is InChI=1S/C17H15BrClNO4/c1-11(21)9-20(14-4-2-3-12(7-14)17(22)23)10-24-16-6-5-13(18)8-15(16)19/h2-8H,9-10H2,1H3,(H,22,23). The smallest absolute Gasteiger partial charge is 0.335 e. The molecule has 0 amide bonds. The molecule has 0 aliphatic rings. The minimum Gasteiger partial charge on any atom is -0.478 e. The largest absolute Gasteiger partial charge is 0.478 e. The summed E-state index contributed by atoms with van der Waals surface area (Å²) in [6.07, 6.45) is 0. The first-order valence-electron chi connectivity index (χ1n) is 7.02. The van der Waals surface area contributed by atoms with Gasteiger partial charge in [0.25, 0.3) is 0 Å². The number of ketones is 1. The van der Waals surface area contributed by atoms with E-state index in [1.165, 1.54) is 19.1 Å². The molecular formula is C17H15BrClNO4. The Morgan fingerprint density at radius 3 is 2.62 bits per heavy atom. The Kier molecular flexibility index (Phi) is 6.23. The number of ether oxygens (including phenoxy) is 1. The number of carboxylic acids is 1. The number of carbonyl (C=O) groups is 2. The fourth-order valence-corrected chi connectivity index (χ4v) is 2.78. The van der Waals surface area contributed by atoms with Crippen LogP contribution in [-0.2, 0) is 4.79 Å². The molecule has 2 aromatic carbocycles. The molecule has 0 fully saturated rings. The third-order valence-electron chi connectivity index (χ3n) is 3.14. The molecule has 5 nitrogen and oxygen atoms in total. The average Bonchev–Trinajstić information content (AvgIpc) is 2.52. The molecule has 0 bridgehead atoms. The second-order valence-corrected chi connectivity index (χ2v) is 6.43. The molecule has 0 aromatic heterocycles. The van der Waals surface area contributed by atoms with Gasteiger partial charge in [-0.3, -0.25) is 4.79 Å². The van der Waals surface area contributed by atoms with Gasteiger partial charge in [0.05, 0.1) is 17.1 Å². The van der Waals surface area contributed by atoms with Gasteiger partial charge in [-0.2, -0.15) is 0 Å². The van der Waals surface area contributed by atoms with E-state index in [2.05, 4.69) is 15.9 Å². The van der Waals surface area contributed by atoms with Crippen LogP contribution in [0.25, 0.3) is 0 Å². The average molecular weight is 413 g/mol. The molecule has 0 spiro atoms. The van der Waals surface area contributed by atoms with Crippen molar-refractivity contribution in [3.05, 3.63) is 57.5 Å². The summed E-state index contributed by atoms with van der Waals surface area (Å²) in [5.41, 5.74) is 0.723. The lowest BCUT2D eigenvalue weighted by Gasteiger charge is -2.24. The highest BCUT2D eigenvalue weighted by molar-refractivity contribution is 9.10. The number of carbonyl (C=O) groups excluding carboxylic acids is 1. The van der Waals surface area contributed by atoms with Gasteiger partial charge in [-0.15, -0.1) is 0 Å². The van der Waals surface area contributed by atoms with E-state index in [4.69, 9.17) is 21.4 Å². The predicted octanol–water partition coefficient (Wildman–Crippen LogP) is 4.23. The SMILES string of the molecule is CC(=O)CN(COc1ccc(Br)cc1Cl)c1cccc(C(=O)O)c1. The van der Waals surface area contributed by atoms with E-state index in [9.17, 15) is 9.59 Å². The van der Waals surface area contributed by atoms with Crippen LogP contribution < -0.4 is 9.64 Å². The van der Waals surface area contributed by atoms with E-state index in [-0.39, 0.29) is 24.6 Å². The summed E-state index contributed by atoms with van der Waals surface area (Å²) < 4.78 is 6.51. The van der Waals surface area contributed by atoms with Crippen molar-refractivity contribution in [3.8, 4) is 5.75 Å². The Labute approximate surface area is 152 Å². The van der Waals surface area contributed by atoms with Crippen LogP contribution in [0.15, 0.2) is 46.9 Å². The fraction of sp³-hybridized carbons (Fsp3) is 0.176. The van der Waals surface area contributed by atoms with Crippen LogP contribution in [0.3, 0.4) is 0 Å². The highest BCUT2D eigenvalue weighted by Crippen LogP contribution is 2.28. The predicted molar refractivity (Wildman–Crippen MR) is 96.1 cm³/mol. The number of anilines is 1. The van der Waals surface area contributed by atoms with Crippen molar-refractivity contribution < 1.29 is 19.4 Å². The summed E-state index contributed by atoms with van der Waals surface area (Å²) in [5, 5.41) is 9.54. The van der Waals surface area contributed by atoms with E-state index >= 15 is 0 Å². The molecule has 126 valence electrons. The number of Topliss-reactive ketones (excluding diaryl/α,β-unsaturated/α-hetero) is 1. The molecular weight excluding hydrogens is 398 g/mol. The van der Waals surface area contributed by atoms with E-state index in [0.717, 1.165) is 4.47 Å². The molecule has 0 unspecified atom stereocenters. The number of hydrogen-bond donors (Lipinski definition) is 1. The number of hydrogen-bond acceptors (Lipinski definition) is 4. The first kappa shape index (κ1) is 18.3. The molecule has 24 heavy (non-hydrogen) atoms. The quantitative estimate of drug-likeness (QED) is 0.689. The Morgan fingerprint density at radius 1 is 1.25 bits per heavy atom. The number of aromatic carboxylic acids is 1. The maximum atomic E-state index is 11.5. The van der Waals surface area contributed by atoms with Crippen LogP contribution >= 0.6 is 27.5 Å². The third kappa shape index (κ3) is 4.97. The summed E-state index contributed by atoms with van der Waals surface area (Å²) in [7, 11) is 0. The van der Waals surface area contributed by atoms with Crippen molar-refractivity contribution >= 4 is 45.0 Å². The van der Waals surface area contributed by atoms with Gasteiger partial charge in [-0.1, -0.05) is 33.6 Å². The van der Waals surface area contributed by atoms with Crippen molar-refractivity contribution in [1.29, 1.82) is 0 Å². The summed E-state index contributed by atoms with van der Waals surface area (Å²) in [6, 6.07) is 11.5. The number of carboxylic acid groups (broad SMARTS) is 1. The van der Waals surface area contributed by atoms with E-state index in [1.54, 1.807) is 35.2 Å². The van der Waals surface area contributed by atoms with Crippen LogP contribution in [0.1, 0.15) is 17.3 Å². The van der Waals surface area contributed by atoms with Crippen molar-refractivity contribution in [2.45, 2.75) is 6.92 Å². The van der Waals surface area contributed by atoms with Gasteiger partial charge in [-0.05, 0) is 43.3 Å². The van der Waals surface area contributed by atoms with Crippen molar-refractivity contribution in [1.82, 2.24) is 0 Å². The number of rotatable bonds is 7. The molecule has 0 aliphatic carbocycles. The highest BCUT2D eigenvalue weighted by Gasteiger charge is 2.13. The van der Waals surface area contributed by atoms with E-state index in [1.807, 2.05) is 0 Å². The van der Waals surface area contributed by atoms with Crippen molar-refractivity contribution in [2.75, 3.05) is 18.2 Å². The summed E-state index contributed by atoms with van der Waals surface area (Å²) in [5.74, 6) is -0.625. The van der Waals surface area contributed by atoms with Crippen LogP contribution in [0.5, 0.6) is 5.75 Å². The lowest BCUT2D eigenvalue weighted by atomic mass is 10.2. The molecule has 1 N–H and O–H groups in total. The topological polar surface area (TPSA) is 66.8 Å². The molecule has 0 radical (unpaired) electrons. The highest BCUT2D eigenvalue weighted by atomic mass is 79.9. The molecule has 0 saturated heterocycles. The second-order valence-electron chi connectivity index (χ2n) is 5.10. The number of nitrogens with zero attached hydrogens (tertiary/aromatic N) is 1. The first-order valence-corrected chi connectivity index (χ1v) is 8.19. The Hall–Kier alpha value is -2.05. The maximum Gasteiger partial charge on any atom is 0.335 e. The molecule has 0 aliphatic heterocycles. The molecule has 7 heteroatoms. The van der Waals surface area contributed by atoms with Crippen LogP contribution in [0.2, 0.25) is 5.02 Å². The number of benzene rings is 2. The summed E-state index contributed by atoms with van der Waals surface area (Å²) >= 11 is 9.43. The van der Waals surface area contributed by atoms with Crippen molar-refractivity contribution in [3.63, 3.8) is 0 Å².